The van der Waals surface area contributed by atoms with Crippen molar-refractivity contribution in [2.75, 3.05) is 9.80 Å². The molecule has 0 fully saturated rings. The highest BCUT2D eigenvalue weighted by Gasteiger charge is 2.24. The van der Waals surface area contributed by atoms with Gasteiger partial charge < -0.3 is 14.4 Å². The molecule has 81 heavy (non-hydrogen) atoms. The lowest BCUT2D eigenvalue weighted by Crippen LogP contribution is -2.11. The summed E-state index contributed by atoms with van der Waals surface area (Å²) in [5.41, 5.74) is 24.8. The minimum Gasteiger partial charge on any atom is -0.310 e. The largest absolute Gasteiger partial charge is 0.310 e. The minimum atomic E-state index is 1.07. The van der Waals surface area contributed by atoms with E-state index in [9.17, 15) is 0 Å². The summed E-state index contributed by atoms with van der Waals surface area (Å²) in [7, 11) is 0. The molecule has 0 aliphatic heterocycles. The van der Waals surface area contributed by atoms with Crippen molar-refractivity contribution < 1.29 is 0 Å². The monoisotopic (exact) mass is 1040 g/mol. The van der Waals surface area contributed by atoms with Gasteiger partial charge in [-0.1, -0.05) is 232 Å². The van der Waals surface area contributed by atoms with E-state index in [0.717, 1.165) is 76.5 Å². The number of rotatable bonds is 15. The van der Waals surface area contributed by atoms with Gasteiger partial charge in [0.25, 0.3) is 0 Å². The number of anilines is 6. The van der Waals surface area contributed by atoms with Crippen LogP contribution in [0.3, 0.4) is 0 Å². The fourth-order valence-electron chi connectivity index (χ4n) is 12.1. The zero-order valence-electron chi connectivity index (χ0n) is 46.7. The predicted molar refractivity (Wildman–Crippen MR) is 347 cm³/mol. The third-order valence-corrected chi connectivity index (χ3v) is 16.1. The van der Waals surface area contributed by atoms with Crippen molar-refractivity contribution in [1.29, 1.82) is 0 Å². The third kappa shape index (κ3) is 10.1. The molecule has 3 heteroatoms. The van der Waals surface area contributed by atoms with E-state index in [2.05, 4.69) is 315 Å². The summed E-state index contributed by atoms with van der Waals surface area (Å²) >= 11 is 0. The Kier molecular flexibility index (Phi) is 13.9. The van der Waals surface area contributed by atoms with E-state index in [1.54, 1.807) is 0 Å². The Balaban J connectivity index is 0.997. The molecule has 1 aromatic heterocycles. The van der Waals surface area contributed by atoms with Gasteiger partial charge in [-0.15, -0.1) is 0 Å². The van der Waals surface area contributed by atoms with Crippen LogP contribution in [0.1, 0.15) is 48.9 Å². The Morgan fingerprint density at radius 2 is 0.704 bits per heavy atom. The molecule has 13 rings (SSSR count). The Morgan fingerprint density at radius 3 is 1.16 bits per heavy atom. The lowest BCUT2D eigenvalue weighted by atomic mass is 9.99. The molecular weight excluding hydrogens is 979 g/mol. The molecule has 1 heterocycles. The maximum absolute atomic E-state index is 2.48. The van der Waals surface area contributed by atoms with E-state index in [1.165, 1.54) is 88.3 Å². The standard InChI is InChI=1S/C78H65N3/c1-5-14-56-24-28-58(29-25-56)60-32-40-67(41-33-60)79(68-42-36-62(37-43-68)64-18-12-16-54(3)50-64)71-48-49-74-75(52-71)81(66-20-8-7-9-21-66)77-53-76(72-22-10-11-23-73(72)78(74)77)80(70-46-38-63(39-47-70)65-19-13-17-55(4)51-65)69-44-34-61(35-45-69)59-30-26-57(15-6-2)27-31-59/h7-13,16-53H,5-6,14-15H2,1-4H3. The molecular formula is C78H65N3. The first-order valence-corrected chi connectivity index (χ1v) is 28.8. The topological polar surface area (TPSA) is 11.4 Å². The molecule has 0 spiro atoms. The Labute approximate surface area is 477 Å². The second-order valence-corrected chi connectivity index (χ2v) is 21.7. The van der Waals surface area contributed by atoms with Gasteiger partial charge in [0, 0.05) is 50.3 Å². The van der Waals surface area contributed by atoms with Gasteiger partial charge in [-0.05, 0) is 167 Å². The quantitative estimate of drug-likeness (QED) is 0.101. The summed E-state index contributed by atoms with van der Waals surface area (Å²) in [6.45, 7) is 8.80. The van der Waals surface area contributed by atoms with Crippen LogP contribution in [0.5, 0.6) is 0 Å². The van der Waals surface area contributed by atoms with E-state index < -0.39 is 0 Å². The lowest BCUT2D eigenvalue weighted by Gasteiger charge is -2.28. The summed E-state index contributed by atoms with van der Waals surface area (Å²) in [5, 5.41) is 4.79. The molecule has 0 aliphatic rings. The van der Waals surface area contributed by atoms with Crippen molar-refractivity contribution in [1.82, 2.24) is 4.57 Å². The van der Waals surface area contributed by atoms with Crippen LogP contribution in [-0.2, 0) is 12.8 Å². The van der Waals surface area contributed by atoms with Crippen molar-refractivity contribution in [3.63, 3.8) is 0 Å². The van der Waals surface area contributed by atoms with Crippen LogP contribution in [0, 0.1) is 13.8 Å². The molecule has 0 N–H and O–H groups in total. The number of para-hydroxylation sites is 1. The average molecular weight is 1040 g/mol. The summed E-state index contributed by atoms with van der Waals surface area (Å²) < 4.78 is 2.48. The van der Waals surface area contributed by atoms with Crippen LogP contribution in [0.4, 0.5) is 34.1 Å². The van der Waals surface area contributed by atoms with Crippen molar-refractivity contribution in [2.24, 2.45) is 0 Å². The van der Waals surface area contributed by atoms with Gasteiger partial charge >= 0.3 is 0 Å². The Hall–Kier alpha value is -9.70. The van der Waals surface area contributed by atoms with Crippen LogP contribution >= 0.6 is 0 Å². The maximum Gasteiger partial charge on any atom is 0.0568 e. The number of fused-ring (bicyclic) bond motifs is 5. The van der Waals surface area contributed by atoms with Crippen LogP contribution in [0.25, 0.3) is 82.8 Å². The highest BCUT2D eigenvalue weighted by atomic mass is 15.2. The fraction of sp³-hybridized carbons (Fsp3) is 0.103. The van der Waals surface area contributed by atoms with E-state index >= 15 is 0 Å². The minimum absolute atomic E-state index is 1.07. The molecule has 0 saturated carbocycles. The number of benzene rings is 12. The van der Waals surface area contributed by atoms with Crippen molar-refractivity contribution in [2.45, 2.75) is 53.4 Å². The average Bonchev–Trinajstić information content (AvgIpc) is 4.12. The summed E-state index contributed by atoms with van der Waals surface area (Å²) in [5.74, 6) is 0. The molecule has 392 valence electrons. The molecule has 0 bridgehead atoms. The maximum atomic E-state index is 2.48. The molecule has 0 saturated heterocycles. The zero-order chi connectivity index (χ0) is 54.8. The first kappa shape index (κ1) is 50.8. The van der Waals surface area contributed by atoms with Crippen LogP contribution in [0.15, 0.2) is 273 Å². The Bertz CT molecular complexity index is 4330. The summed E-state index contributed by atoms with van der Waals surface area (Å²) in [4.78, 5) is 4.87. The molecule has 3 nitrogen and oxygen atoms in total. The van der Waals surface area contributed by atoms with Gasteiger partial charge in [-0.25, -0.2) is 0 Å². The van der Waals surface area contributed by atoms with Crippen LogP contribution in [-0.4, -0.2) is 4.57 Å². The number of aromatic nitrogens is 1. The summed E-state index contributed by atoms with van der Waals surface area (Å²) in [6, 6.07) is 102. The molecule has 0 radical (unpaired) electrons. The van der Waals surface area contributed by atoms with Gasteiger partial charge in [0.05, 0.1) is 16.7 Å². The highest BCUT2D eigenvalue weighted by Crippen LogP contribution is 2.48. The number of nitrogens with zero attached hydrogens (tertiary/aromatic N) is 3. The molecule has 0 unspecified atom stereocenters. The molecule has 0 aliphatic carbocycles. The third-order valence-electron chi connectivity index (χ3n) is 16.1. The van der Waals surface area contributed by atoms with E-state index in [4.69, 9.17) is 0 Å². The lowest BCUT2D eigenvalue weighted by molar-refractivity contribution is 0.922. The van der Waals surface area contributed by atoms with Crippen molar-refractivity contribution in [3.8, 4) is 50.2 Å². The normalized spacial score (nSPS) is 11.4. The van der Waals surface area contributed by atoms with Crippen molar-refractivity contribution in [3.05, 3.63) is 295 Å². The van der Waals surface area contributed by atoms with Gasteiger partial charge in [-0.3, -0.25) is 0 Å². The molecule has 13 aromatic rings. The van der Waals surface area contributed by atoms with Crippen LogP contribution in [0.2, 0.25) is 0 Å². The van der Waals surface area contributed by atoms with E-state index in [0.29, 0.717) is 0 Å². The van der Waals surface area contributed by atoms with Crippen molar-refractivity contribution >= 4 is 66.7 Å². The second-order valence-electron chi connectivity index (χ2n) is 21.7. The van der Waals surface area contributed by atoms with E-state index in [-0.39, 0.29) is 0 Å². The molecule has 12 aromatic carbocycles. The first-order chi connectivity index (χ1) is 39.9. The summed E-state index contributed by atoms with van der Waals surface area (Å²) in [6.07, 6.45) is 4.45. The number of aryl methyl sites for hydroxylation is 4. The van der Waals surface area contributed by atoms with E-state index in [1.807, 2.05) is 0 Å². The smallest absolute Gasteiger partial charge is 0.0568 e. The zero-order valence-corrected chi connectivity index (χ0v) is 46.7. The number of hydrogen-bond donors (Lipinski definition) is 0. The predicted octanol–water partition coefficient (Wildman–Crippen LogP) is 22.1. The fourth-order valence-corrected chi connectivity index (χ4v) is 12.1. The van der Waals surface area contributed by atoms with Gasteiger partial charge in [0.2, 0.25) is 0 Å². The Morgan fingerprint density at radius 1 is 0.296 bits per heavy atom. The first-order valence-electron chi connectivity index (χ1n) is 28.8. The highest BCUT2D eigenvalue weighted by molar-refractivity contribution is 6.25. The SMILES string of the molecule is CCCc1ccc(-c2ccc(N(c3ccc(-c4cccc(C)c4)cc3)c3ccc4c5c6ccccc6c(N(c6ccc(-c7ccc(CCC)cc7)cc6)c6ccc(-c7cccc(C)c7)cc6)cc5n(-c5ccccc5)c4c3)cc2)cc1. The van der Waals surface area contributed by atoms with Gasteiger partial charge in [-0.2, -0.15) is 0 Å². The number of hydrogen-bond acceptors (Lipinski definition) is 2. The van der Waals surface area contributed by atoms with Crippen LogP contribution < -0.4 is 9.80 Å². The molecule has 0 atom stereocenters. The van der Waals surface area contributed by atoms with Gasteiger partial charge in [0.15, 0.2) is 0 Å². The molecule has 0 amide bonds. The second kappa shape index (κ2) is 22.2. The van der Waals surface area contributed by atoms with Gasteiger partial charge in [0.1, 0.15) is 0 Å².